The number of thiazole rings is 1. The van der Waals surface area contributed by atoms with Gasteiger partial charge < -0.3 is 14.9 Å². The van der Waals surface area contributed by atoms with Crippen molar-refractivity contribution in [3.63, 3.8) is 0 Å². The molecule has 1 aromatic heterocycles. The molecule has 10 nitrogen and oxygen atoms in total. The lowest BCUT2D eigenvalue weighted by atomic mass is 10.1. The molecule has 1 aromatic carbocycles. The third kappa shape index (κ3) is 5.73. The molecule has 0 aliphatic carbocycles. The Labute approximate surface area is 194 Å². The molecule has 0 bridgehead atoms. The van der Waals surface area contributed by atoms with Crippen molar-refractivity contribution >= 4 is 38.1 Å². The summed E-state index contributed by atoms with van der Waals surface area (Å²) in [7, 11) is -3.67. The first kappa shape index (κ1) is 23.7. The van der Waals surface area contributed by atoms with E-state index in [0.29, 0.717) is 56.2 Å². The number of nitrogens with one attached hydrogen (secondary N) is 2. The monoisotopic (exact) mass is 497 g/mol. The van der Waals surface area contributed by atoms with E-state index < -0.39 is 21.1 Å². The Morgan fingerprint density at radius 2 is 2.18 bits per heavy atom. The number of nitrogens with zero attached hydrogens (tertiary/aromatic N) is 3. The number of hydrogen-bond acceptors (Lipinski definition) is 9. The lowest BCUT2D eigenvalue weighted by Gasteiger charge is -2.31. The maximum atomic E-state index is 13.3. The zero-order chi connectivity index (χ0) is 23.4. The fraction of sp³-hybridized carbons (Fsp3) is 0.450. The summed E-state index contributed by atoms with van der Waals surface area (Å²) < 4.78 is 45.9. The fourth-order valence-electron chi connectivity index (χ4n) is 3.47. The minimum atomic E-state index is -3.67. The summed E-state index contributed by atoms with van der Waals surface area (Å²) in [5.41, 5.74) is 0.258. The SMILES string of the molecule is C[C@@H]1CN(S(=O)(=O)c2ccc(/C(=N\O[C@@H]3CCOC3)C(=O)Nc3ncc(F)s3)cc2)CCN1. The van der Waals surface area contributed by atoms with Crippen LogP contribution in [0.5, 0.6) is 0 Å². The van der Waals surface area contributed by atoms with Gasteiger partial charge in [0.25, 0.3) is 5.91 Å². The minimum Gasteiger partial charge on any atom is -0.389 e. The smallest absolute Gasteiger partial charge is 0.280 e. The molecule has 2 atom stereocenters. The number of hydrogen-bond donors (Lipinski definition) is 2. The standard InChI is InChI=1S/C20H24FN5O5S2/c1-13-11-26(8-7-22-13)33(28,29)16-4-2-14(3-5-16)18(25-31-15-6-9-30-12-15)19(27)24-20-23-10-17(21)32-20/h2-5,10,13,15,22H,6-9,11-12H2,1H3,(H,23,24,27)/b25-18+/t13-,15-/m1/s1. The molecular formula is C20H24FN5O5S2. The van der Waals surface area contributed by atoms with Crippen LogP contribution in [0.15, 0.2) is 40.5 Å². The average molecular weight is 498 g/mol. The van der Waals surface area contributed by atoms with E-state index >= 15 is 0 Å². The molecule has 178 valence electrons. The number of ether oxygens (including phenoxy) is 1. The molecule has 0 radical (unpaired) electrons. The van der Waals surface area contributed by atoms with Crippen LogP contribution in [-0.2, 0) is 24.4 Å². The molecule has 3 heterocycles. The summed E-state index contributed by atoms with van der Waals surface area (Å²) in [6, 6.07) is 5.91. The molecule has 0 saturated carbocycles. The van der Waals surface area contributed by atoms with Crippen molar-refractivity contribution < 1.29 is 27.2 Å². The van der Waals surface area contributed by atoms with Gasteiger partial charge in [0.05, 0.1) is 24.3 Å². The van der Waals surface area contributed by atoms with E-state index in [2.05, 4.69) is 20.8 Å². The summed E-state index contributed by atoms with van der Waals surface area (Å²) in [5.74, 6) is -0.658. The van der Waals surface area contributed by atoms with Gasteiger partial charge in [-0.05, 0) is 19.1 Å². The van der Waals surface area contributed by atoms with E-state index in [9.17, 15) is 17.6 Å². The minimum absolute atomic E-state index is 0.0580. The number of amides is 1. The first-order valence-corrected chi connectivity index (χ1v) is 12.7. The predicted octanol–water partition coefficient (Wildman–Crippen LogP) is 1.41. The maximum Gasteiger partial charge on any atom is 0.280 e. The largest absolute Gasteiger partial charge is 0.389 e. The molecule has 0 unspecified atom stereocenters. The number of carbonyl (C=O) groups excluding carboxylic acids is 1. The zero-order valence-corrected chi connectivity index (χ0v) is 19.5. The van der Waals surface area contributed by atoms with E-state index in [1.54, 1.807) is 0 Å². The van der Waals surface area contributed by atoms with Gasteiger partial charge in [0.1, 0.15) is 0 Å². The van der Waals surface area contributed by atoms with Gasteiger partial charge in [-0.1, -0.05) is 28.6 Å². The van der Waals surface area contributed by atoms with Crippen LogP contribution in [0, 0.1) is 5.13 Å². The Kier molecular flexibility index (Phi) is 7.34. The van der Waals surface area contributed by atoms with Crippen molar-refractivity contribution in [3.05, 3.63) is 41.2 Å². The number of carbonyl (C=O) groups is 1. The number of rotatable bonds is 7. The van der Waals surface area contributed by atoms with Crippen LogP contribution in [0.1, 0.15) is 18.9 Å². The predicted molar refractivity (Wildman–Crippen MR) is 120 cm³/mol. The highest BCUT2D eigenvalue weighted by atomic mass is 32.2. The highest BCUT2D eigenvalue weighted by Gasteiger charge is 2.29. The molecule has 4 rings (SSSR count). The quantitative estimate of drug-likeness (QED) is 0.438. The molecule has 2 aromatic rings. The van der Waals surface area contributed by atoms with E-state index in [0.717, 1.165) is 6.20 Å². The summed E-state index contributed by atoms with van der Waals surface area (Å²) in [6.07, 6.45) is 1.34. The Hall–Kier alpha value is -2.45. The van der Waals surface area contributed by atoms with Gasteiger partial charge in [-0.3, -0.25) is 10.1 Å². The molecule has 0 spiro atoms. The second-order valence-corrected chi connectivity index (χ2v) is 10.6. The number of halogens is 1. The van der Waals surface area contributed by atoms with Crippen molar-refractivity contribution in [2.24, 2.45) is 5.16 Å². The van der Waals surface area contributed by atoms with Crippen LogP contribution >= 0.6 is 11.3 Å². The van der Waals surface area contributed by atoms with Crippen LogP contribution < -0.4 is 10.6 Å². The van der Waals surface area contributed by atoms with E-state index in [4.69, 9.17) is 9.57 Å². The molecule has 2 saturated heterocycles. The van der Waals surface area contributed by atoms with Crippen molar-refractivity contribution in [3.8, 4) is 0 Å². The van der Waals surface area contributed by atoms with Gasteiger partial charge in [0, 0.05) is 37.7 Å². The lowest BCUT2D eigenvalue weighted by Crippen LogP contribution is -2.51. The van der Waals surface area contributed by atoms with E-state index in [-0.39, 0.29) is 27.9 Å². The Morgan fingerprint density at radius 3 is 2.82 bits per heavy atom. The summed E-state index contributed by atoms with van der Waals surface area (Å²) >= 11 is 0.678. The van der Waals surface area contributed by atoms with E-state index in [1.807, 2.05) is 6.92 Å². The Balaban J connectivity index is 1.56. The first-order valence-electron chi connectivity index (χ1n) is 10.4. The molecule has 2 N–H and O–H groups in total. The molecular weight excluding hydrogens is 473 g/mol. The Morgan fingerprint density at radius 1 is 1.39 bits per heavy atom. The molecule has 33 heavy (non-hydrogen) atoms. The van der Waals surface area contributed by atoms with Gasteiger partial charge in [0.15, 0.2) is 22.1 Å². The van der Waals surface area contributed by atoms with Gasteiger partial charge in [-0.15, -0.1) is 0 Å². The average Bonchev–Trinajstić information content (AvgIpc) is 3.46. The fourth-order valence-corrected chi connectivity index (χ4v) is 5.54. The summed E-state index contributed by atoms with van der Waals surface area (Å²) in [4.78, 5) is 22.2. The molecule has 2 aliphatic rings. The zero-order valence-electron chi connectivity index (χ0n) is 17.9. The third-order valence-corrected chi connectivity index (χ3v) is 7.77. The molecule has 13 heteroatoms. The highest BCUT2D eigenvalue weighted by molar-refractivity contribution is 7.89. The van der Waals surface area contributed by atoms with Crippen molar-refractivity contribution in [1.82, 2.24) is 14.6 Å². The van der Waals surface area contributed by atoms with Gasteiger partial charge in [0.2, 0.25) is 10.0 Å². The van der Waals surface area contributed by atoms with Crippen molar-refractivity contribution in [2.45, 2.75) is 30.4 Å². The summed E-state index contributed by atoms with van der Waals surface area (Å²) in [6.45, 7) is 4.16. The van der Waals surface area contributed by atoms with Crippen LogP contribution in [-0.4, -0.2) is 74.3 Å². The molecule has 1 amide bonds. The number of sulfonamides is 1. The number of anilines is 1. The summed E-state index contributed by atoms with van der Waals surface area (Å²) in [5, 5.41) is 9.24. The van der Waals surface area contributed by atoms with E-state index in [1.165, 1.54) is 28.6 Å². The van der Waals surface area contributed by atoms with Crippen molar-refractivity contribution in [1.29, 1.82) is 0 Å². The number of oxime groups is 1. The highest BCUT2D eigenvalue weighted by Crippen LogP contribution is 2.20. The topological polar surface area (TPSA) is 122 Å². The van der Waals surface area contributed by atoms with Gasteiger partial charge >= 0.3 is 0 Å². The normalized spacial score (nSPS) is 22.3. The lowest BCUT2D eigenvalue weighted by molar-refractivity contribution is -0.110. The third-order valence-electron chi connectivity index (χ3n) is 5.19. The molecule has 2 aliphatic heterocycles. The maximum absolute atomic E-state index is 13.3. The number of benzene rings is 1. The van der Waals surface area contributed by atoms with Gasteiger partial charge in [-0.25, -0.2) is 13.4 Å². The number of aromatic nitrogens is 1. The van der Waals surface area contributed by atoms with Crippen LogP contribution in [0.3, 0.4) is 0 Å². The first-order chi connectivity index (χ1) is 15.8. The second kappa shape index (κ2) is 10.2. The van der Waals surface area contributed by atoms with Crippen LogP contribution in [0.2, 0.25) is 0 Å². The second-order valence-electron chi connectivity index (χ2n) is 7.70. The van der Waals surface area contributed by atoms with Crippen molar-refractivity contribution in [2.75, 3.05) is 38.2 Å². The van der Waals surface area contributed by atoms with Crippen LogP contribution in [0.25, 0.3) is 0 Å². The van der Waals surface area contributed by atoms with Crippen LogP contribution in [0.4, 0.5) is 9.52 Å². The number of piperazine rings is 1. The Bertz CT molecular complexity index is 1120. The van der Waals surface area contributed by atoms with Gasteiger partial charge in [-0.2, -0.15) is 8.70 Å². The molecule has 2 fully saturated rings.